The fourth-order valence-corrected chi connectivity index (χ4v) is 4.02. The number of hydrogen-bond donors (Lipinski definition) is 1. The Morgan fingerprint density at radius 2 is 1.83 bits per heavy atom. The van der Waals surface area contributed by atoms with Crippen LogP contribution in [0.25, 0.3) is 17.1 Å². The lowest BCUT2D eigenvalue weighted by Gasteiger charge is -2.11. The number of benzene rings is 2. The molecule has 2 aromatic carbocycles. The van der Waals surface area contributed by atoms with Crippen molar-refractivity contribution in [2.24, 2.45) is 0 Å². The fraction of sp³-hybridized carbons (Fsp3) is 0.0909. The molecule has 0 aliphatic rings. The van der Waals surface area contributed by atoms with Crippen molar-refractivity contribution in [2.75, 3.05) is 11.1 Å². The Balaban J connectivity index is 1.59. The molecular formula is C22H18BrN5OS. The summed E-state index contributed by atoms with van der Waals surface area (Å²) in [7, 11) is 0. The first-order chi connectivity index (χ1) is 14.6. The SMILES string of the molecule is Cc1ccc(-n2c(SCC(=O)Nc3cccc(Br)c3)nnc2-c2ccncc2)cc1. The van der Waals surface area contributed by atoms with Crippen molar-refractivity contribution in [1.82, 2.24) is 19.7 Å². The van der Waals surface area contributed by atoms with Gasteiger partial charge in [-0.05, 0) is 49.4 Å². The number of halogens is 1. The summed E-state index contributed by atoms with van der Waals surface area (Å²) in [6.07, 6.45) is 3.45. The summed E-state index contributed by atoms with van der Waals surface area (Å²) in [6, 6.07) is 19.4. The number of thioether (sulfide) groups is 1. The van der Waals surface area contributed by atoms with E-state index < -0.39 is 0 Å². The number of aryl methyl sites for hydroxylation is 1. The maximum absolute atomic E-state index is 12.5. The zero-order valence-corrected chi connectivity index (χ0v) is 18.5. The van der Waals surface area contributed by atoms with E-state index in [2.05, 4.69) is 36.4 Å². The molecule has 8 heteroatoms. The standard InChI is InChI=1S/C22H18BrN5OS/c1-15-5-7-19(8-6-15)28-21(16-9-11-24-12-10-16)26-27-22(28)30-14-20(29)25-18-4-2-3-17(23)13-18/h2-13H,14H2,1H3,(H,25,29). The number of aromatic nitrogens is 4. The number of carbonyl (C=O) groups is 1. The second-order valence-corrected chi connectivity index (χ2v) is 8.42. The van der Waals surface area contributed by atoms with Crippen LogP contribution < -0.4 is 5.32 Å². The van der Waals surface area contributed by atoms with Crippen LogP contribution in [0.2, 0.25) is 0 Å². The van der Waals surface area contributed by atoms with E-state index in [0.29, 0.717) is 11.0 Å². The van der Waals surface area contributed by atoms with Gasteiger partial charge in [0, 0.05) is 33.8 Å². The number of anilines is 1. The fourth-order valence-electron chi connectivity index (χ4n) is 2.87. The molecule has 0 aliphatic heterocycles. The number of carbonyl (C=O) groups excluding carboxylic acids is 1. The quantitative estimate of drug-likeness (QED) is 0.388. The molecule has 0 fully saturated rings. The average molecular weight is 480 g/mol. The number of hydrogen-bond acceptors (Lipinski definition) is 5. The highest BCUT2D eigenvalue weighted by molar-refractivity contribution is 9.10. The molecule has 0 atom stereocenters. The summed E-state index contributed by atoms with van der Waals surface area (Å²) in [6.45, 7) is 2.04. The molecule has 0 radical (unpaired) electrons. The van der Waals surface area contributed by atoms with Gasteiger partial charge in [0.05, 0.1) is 5.75 Å². The van der Waals surface area contributed by atoms with Crippen molar-refractivity contribution in [3.8, 4) is 17.1 Å². The first-order valence-corrected chi connectivity index (χ1v) is 11.0. The normalized spacial score (nSPS) is 10.7. The Morgan fingerprint density at radius 3 is 2.57 bits per heavy atom. The van der Waals surface area contributed by atoms with Gasteiger partial charge in [0.1, 0.15) is 0 Å². The predicted octanol–water partition coefficient (Wildman–Crippen LogP) is 5.13. The molecule has 0 bridgehead atoms. The maximum atomic E-state index is 12.5. The van der Waals surface area contributed by atoms with Crippen LogP contribution in [-0.4, -0.2) is 31.4 Å². The molecule has 6 nitrogen and oxygen atoms in total. The van der Waals surface area contributed by atoms with Crippen molar-refractivity contribution in [3.05, 3.63) is 83.1 Å². The van der Waals surface area contributed by atoms with E-state index in [0.717, 1.165) is 21.4 Å². The molecule has 1 N–H and O–H groups in total. The van der Waals surface area contributed by atoms with Crippen molar-refractivity contribution < 1.29 is 4.79 Å². The second kappa shape index (κ2) is 9.23. The van der Waals surface area contributed by atoms with E-state index >= 15 is 0 Å². The van der Waals surface area contributed by atoms with Crippen LogP contribution in [0.3, 0.4) is 0 Å². The van der Waals surface area contributed by atoms with Gasteiger partial charge in [-0.1, -0.05) is 51.5 Å². The third-order valence-corrected chi connectivity index (χ3v) is 5.73. The highest BCUT2D eigenvalue weighted by Gasteiger charge is 2.17. The molecule has 4 rings (SSSR count). The summed E-state index contributed by atoms with van der Waals surface area (Å²) < 4.78 is 2.88. The number of nitrogens with zero attached hydrogens (tertiary/aromatic N) is 4. The molecule has 30 heavy (non-hydrogen) atoms. The predicted molar refractivity (Wildman–Crippen MR) is 123 cm³/mol. The minimum absolute atomic E-state index is 0.109. The van der Waals surface area contributed by atoms with Gasteiger partial charge >= 0.3 is 0 Å². The van der Waals surface area contributed by atoms with Gasteiger partial charge < -0.3 is 5.32 Å². The van der Waals surface area contributed by atoms with Crippen LogP contribution in [0.15, 0.2) is 82.7 Å². The van der Waals surface area contributed by atoms with Gasteiger partial charge in [-0.25, -0.2) is 0 Å². The van der Waals surface area contributed by atoms with E-state index in [4.69, 9.17) is 0 Å². The van der Waals surface area contributed by atoms with E-state index in [9.17, 15) is 4.79 Å². The van der Waals surface area contributed by atoms with Gasteiger partial charge in [-0.2, -0.15) is 0 Å². The van der Waals surface area contributed by atoms with E-state index in [1.54, 1.807) is 12.4 Å². The summed E-state index contributed by atoms with van der Waals surface area (Å²) in [5.74, 6) is 0.811. The highest BCUT2D eigenvalue weighted by atomic mass is 79.9. The van der Waals surface area contributed by atoms with Crippen molar-refractivity contribution >= 4 is 39.3 Å². The Labute approximate surface area is 186 Å². The van der Waals surface area contributed by atoms with Crippen molar-refractivity contribution in [1.29, 1.82) is 0 Å². The van der Waals surface area contributed by atoms with Gasteiger partial charge in [-0.3, -0.25) is 14.3 Å². The minimum atomic E-state index is -0.109. The minimum Gasteiger partial charge on any atom is -0.325 e. The number of pyridine rings is 1. The largest absolute Gasteiger partial charge is 0.325 e. The van der Waals surface area contributed by atoms with Crippen LogP contribution in [-0.2, 0) is 4.79 Å². The van der Waals surface area contributed by atoms with Crippen LogP contribution in [0.1, 0.15) is 5.56 Å². The first kappa shape index (κ1) is 20.3. The molecule has 0 spiro atoms. The molecule has 1 amide bonds. The molecular weight excluding hydrogens is 462 g/mol. The highest BCUT2D eigenvalue weighted by Crippen LogP contribution is 2.28. The van der Waals surface area contributed by atoms with Crippen LogP contribution in [0, 0.1) is 6.92 Å². The Hall–Kier alpha value is -2.97. The Morgan fingerprint density at radius 1 is 1.07 bits per heavy atom. The molecule has 0 unspecified atom stereocenters. The number of rotatable bonds is 6. The number of nitrogens with one attached hydrogen (secondary N) is 1. The topological polar surface area (TPSA) is 72.7 Å². The molecule has 4 aromatic rings. The van der Waals surface area contributed by atoms with Crippen LogP contribution in [0.4, 0.5) is 5.69 Å². The molecule has 0 saturated heterocycles. The summed E-state index contributed by atoms with van der Waals surface area (Å²) >= 11 is 4.75. The lowest BCUT2D eigenvalue weighted by molar-refractivity contribution is -0.113. The molecule has 0 saturated carbocycles. The lowest BCUT2D eigenvalue weighted by Crippen LogP contribution is -2.14. The summed E-state index contributed by atoms with van der Waals surface area (Å²) in [4.78, 5) is 16.5. The second-order valence-electron chi connectivity index (χ2n) is 6.56. The molecule has 2 aromatic heterocycles. The van der Waals surface area contributed by atoms with Gasteiger partial charge in [-0.15, -0.1) is 10.2 Å². The van der Waals surface area contributed by atoms with Gasteiger partial charge in [0.25, 0.3) is 0 Å². The lowest BCUT2D eigenvalue weighted by atomic mass is 10.2. The zero-order valence-electron chi connectivity index (χ0n) is 16.1. The van der Waals surface area contributed by atoms with Crippen LogP contribution >= 0.6 is 27.7 Å². The third-order valence-electron chi connectivity index (χ3n) is 4.30. The Bertz CT molecular complexity index is 1160. The summed E-state index contributed by atoms with van der Waals surface area (Å²) in [5, 5.41) is 12.3. The molecule has 2 heterocycles. The number of amides is 1. The van der Waals surface area contributed by atoms with E-state index in [1.807, 2.05) is 72.2 Å². The van der Waals surface area contributed by atoms with E-state index in [1.165, 1.54) is 17.3 Å². The molecule has 0 aliphatic carbocycles. The zero-order chi connectivity index (χ0) is 20.9. The van der Waals surface area contributed by atoms with E-state index in [-0.39, 0.29) is 11.7 Å². The first-order valence-electron chi connectivity index (χ1n) is 9.21. The van der Waals surface area contributed by atoms with Gasteiger partial charge in [0.15, 0.2) is 11.0 Å². The van der Waals surface area contributed by atoms with Crippen LogP contribution in [0.5, 0.6) is 0 Å². The molecule has 150 valence electrons. The maximum Gasteiger partial charge on any atom is 0.234 e. The average Bonchev–Trinajstić information content (AvgIpc) is 3.17. The smallest absolute Gasteiger partial charge is 0.234 e. The monoisotopic (exact) mass is 479 g/mol. The van der Waals surface area contributed by atoms with Crippen molar-refractivity contribution in [3.63, 3.8) is 0 Å². The third kappa shape index (κ3) is 4.77. The summed E-state index contributed by atoms with van der Waals surface area (Å²) in [5.41, 5.74) is 3.75. The van der Waals surface area contributed by atoms with Gasteiger partial charge in [0.2, 0.25) is 5.91 Å². The Kier molecular flexibility index (Phi) is 6.25. The van der Waals surface area contributed by atoms with Crippen molar-refractivity contribution in [2.45, 2.75) is 12.1 Å².